The molecule has 0 fully saturated rings. The van der Waals surface area contributed by atoms with Gasteiger partial charge in [0.2, 0.25) is 0 Å². The average molecular weight is 318 g/mol. The fraction of sp³-hybridized carbons (Fsp3) is 0.500. The summed E-state index contributed by atoms with van der Waals surface area (Å²) in [6.45, 7) is 7.58. The van der Waals surface area contributed by atoms with Gasteiger partial charge >= 0.3 is 0 Å². The molecule has 0 saturated carbocycles. The van der Waals surface area contributed by atoms with Crippen molar-refractivity contribution in [2.75, 3.05) is 0 Å². The molecule has 112 valence electrons. The number of benzene rings is 1. The Kier molecular flexibility index (Phi) is 5.21. The number of hydrogen-bond donors (Lipinski definition) is 1. The van der Waals surface area contributed by atoms with Crippen molar-refractivity contribution in [2.45, 2.75) is 51.0 Å². The molecule has 1 aromatic rings. The van der Waals surface area contributed by atoms with Crippen molar-refractivity contribution in [3.63, 3.8) is 0 Å². The van der Waals surface area contributed by atoms with Crippen molar-refractivity contribution in [1.82, 2.24) is 5.32 Å². The van der Waals surface area contributed by atoms with Crippen LogP contribution in [0.25, 0.3) is 0 Å². The predicted molar refractivity (Wildman–Crippen MR) is 80.7 cm³/mol. The highest BCUT2D eigenvalue weighted by molar-refractivity contribution is 8.13. The summed E-state index contributed by atoms with van der Waals surface area (Å²) in [6.07, 6.45) is 1.59. The molecule has 0 aliphatic rings. The van der Waals surface area contributed by atoms with E-state index in [1.54, 1.807) is 19.1 Å². The van der Waals surface area contributed by atoms with E-state index < -0.39 is 9.05 Å². The Bertz CT molecular complexity index is 607. The Morgan fingerprint density at radius 3 is 2.30 bits per heavy atom. The van der Waals surface area contributed by atoms with E-state index in [4.69, 9.17) is 10.7 Å². The monoisotopic (exact) mass is 317 g/mol. The van der Waals surface area contributed by atoms with E-state index in [-0.39, 0.29) is 16.3 Å². The van der Waals surface area contributed by atoms with Gasteiger partial charge in [-0.1, -0.05) is 19.9 Å². The van der Waals surface area contributed by atoms with E-state index in [1.165, 1.54) is 6.07 Å². The molecular formula is C14H20ClNO3S. The number of carbonyl (C=O) groups is 1. The second-order valence-corrected chi connectivity index (χ2v) is 7.67. The first-order chi connectivity index (χ1) is 9.13. The van der Waals surface area contributed by atoms with Crippen LogP contribution >= 0.6 is 10.7 Å². The molecule has 6 heteroatoms. The molecule has 20 heavy (non-hydrogen) atoms. The van der Waals surface area contributed by atoms with Crippen LogP contribution < -0.4 is 5.32 Å². The van der Waals surface area contributed by atoms with Crippen LogP contribution in [0.2, 0.25) is 0 Å². The molecule has 0 aromatic heterocycles. The highest BCUT2D eigenvalue weighted by Crippen LogP contribution is 2.22. The molecule has 0 unspecified atom stereocenters. The van der Waals surface area contributed by atoms with Crippen LogP contribution in [0.4, 0.5) is 0 Å². The fourth-order valence-corrected chi connectivity index (χ4v) is 3.00. The van der Waals surface area contributed by atoms with E-state index in [1.807, 2.05) is 20.8 Å². The van der Waals surface area contributed by atoms with Gasteiger partial charge in [-0.15, -0.1) is 0 Å². The van der Waals surface area contributed by atoms with E-state index in [0.29, 0.717) is 11.1 Å². The Morgan fingerprint density at radius 2 is 1.85 bits per heavy atom. The Balaban J connectivity index is 3.13. The van der Waals surface area contributed by atoms with E-state index in [9.17, 15) is 13.2 Å². The van der Waals surface area contributed by atoms with Crippen LogP contribution in [0.5, 0.6) is 0 Å². The van der Waals surface area contributed by atoms with Crippen LogP contribution in [0.15, 0.2) is 23.1 Å². The maximum Gasteiger partial charge on any atom is 0.261 e. The Labute approximate surface area is 124 Å². The summed E-state index contributed by atoms with van der Waals surface area (Å²) >= 11 is 0. The van der Waals surface area contributed by atoms with Gasteiger partial charge in [0.05, 0.1) is 4.90 Å². The topological polar surface area (TPSA) is 63.2 Å². The van der Waals surface area contributed by atoms with Gasteiger partial charge in [0, 0.05) is 21.8 Å². The molecule has 0 heterocycles. The van der Waals surface area contributed by atoms with Gasteiger partial charge in [-0.25, -0.2) is 8.42 Å². The smallest absolute Gasteiger partial charge is 0.261 e. The molecule has 0 radical (unpaired) electrons. The largest absolute Gasteiger partial charge is 0.347 e. The number of nitrogens with one attached hydrogen (secondary N) is 1. The number of aryl methyl sites for hydroxylation is 1. The lowest BCUT2D eigenvalue weighted by atomic mass is 9.95. The van der Waals surface area contributed by atoms with E-state index in [0.717, 1.165) is 12.8 Å². The Hall–Kier alpha value is -1.07. The van der Waals surface area contributed by atoms with Crippen molar-refractivity contribution >= 4 is 25.6 Å². The molecule has 0 aliphatic carbocycles. The van der Waals surface area contributed by atoms with Crippen molar-refractivity contribution in [1.29, 1.82) is 0 Å². The summed E-state index contributed by atoms with van der Waals surface area (Å²) in [5.74, 6) is -0.294. The number of halogens is 1. The molecule has 0 atom stereocenters. The van der Waals surface area contributed by atoms with Gasteiger partial charge in [-0.05, 0) is 44.4 Å². The first-order valence-electron chi connectivity index (χ1n) is 6.51. The van der Waals surface area contributed by atoms with Gasteiger partial charge in [0.25, 0.3) is 15.0 Å². The third-order valence-electron chi connectivity index (χ3n) is 3.69. The summed E-state index contributed by atoms with van der Waals surface area (Å²) in [5, 5.41) is 2.93. The average Bonchev–Trinajstić information content (AvgIpc) is 2.37. The quantitative estimate of drug-likeness (QED) is 0.848. The van der Waals surface area contributed by atoms with E-state index >= 15 is 0 Å². The third-order valence-corrected chi connectivity index (χ3v) is 5.15. The van der Waals surface area contributed by atoms with Crippen molar-refractivity contribution in [3.8, 4) is 0 Å². The molecule has 0 spiro atoms. The van der Waals surface area contributed by atoms with Gasteiger partial charge in [0.1, 0.15) is 0 Å². The maximum absolute atomic E-state index is 12.2. The third kappa shape index (κ3) is 3.96. The highest BCUT2D eigenvalue weighted by Gasteiger charge is 2.23. The van der Waals surface area contributed by atoms with Gasteiger partial charge in [-0.2, -0.15) is 0 Å². The van der Waals surface area contributed by atoms with Crippen LogP contribution in [-0.2, 0) is 9.05 Å². The number of amides is 1. The molecule has 0 saturated heterocycles. The first kappa shape index (κ1) is 17.0. The molecule has 1 aromatic carbocycles. The maximum atomic E-state index is 12.2. The lowest BCUT2D eigenvalue weighted by Gasteiger charge is -2.28. The fourth-order valence-electron chi connectivity index (χ4n) is 1.78. The second kappa shape index (κ2) is 6.14. The number of carbonyl (C=O) groups excluding carboxylic acids is 1. The van der Waals surface area contributed by atoms with Crippen LogP contribution in [0.3, 0.4) is 0 Å². The SMILES string of the molecule is CCC(C)(CC)NC(=O)c1ccc(C)c(S(=O)(=O)Cl)c1. The summed E-state index contributed by atoms with van der Waals surface area (Å²) < 4.78 is 22.9. The van der Waals surface area contributed by atoms with Gasteiger partial charge in [0.15, 0.2) is 0 Å². The lowest BCUT2D eigenvalue weighted by Crippen LogP contribution is -2.44. The summed E-state index contributed by atoms with van der Waals surface area (Å²) in [4.78, 5) is 12.2. The Morgan fingerprint density at radius 1 is 1.30 bits per heavy atom. The highest BCUT2D eigenvalue weighted by atomic mass is 35.7. The predicted octanol–water partition coefficient (Wildman–Crippen LogP) is 3.23. The second-order valence-electron chi connectivity index (χ2n) is 5.14. The molecule has 1 rings (SSSR count). The van der Waals surface area contributed by atoms with Crippen LogP contribution in [0.1, 0.15) is 49.5 Å². The zero-order valence-electron chi connectivity index (χ0n) is 12.2. The van der Waals surface area contributed by atoms with Gasteiger partial charge < -0.3 is 5.32 Å². The van der Waals surface area contributed by atoms with Crippen molar-refractivity contribution in [3.05, 3.63) is 29.3 Å². The summed E-state index contributed by atoms with van der Waals surface area (Å²) in [6, 6.07) is 4.50. The van der Waals surface area contributed by atoms with Crippen molar-refractivity contribution < 1.29 is 13.2 Å². The summed E-state index contributed by atoms with van der Waals surface area (Å²) in [5.41, 5.74) is 0.510. The minimum Gasteiger partial charge on any atom is -0.347 e. The number of hydrogen-bond acceptors (Lipinski definition) is 3. The molecule has 0 bridgehead atoms. The minimum atomic E-state index is -3.85. The molecular weight excluding hydrogens is 298 g/mol. The lowest BCUT2D eigenvalue weighted by molar-refractivity contribution is 0.0901. The van der Waals surface area contributed by atoms with E-state index in [2.05, 4.69) is 5.32 Å². The zero-order valence-corrected chi connectivity index (χ0v) is 13.7. The molecule has 1 N–H and O–H groups in total. The van der Waals surface area contributed by atoms with Crippen LogP contribution in [-0.4, -0.2) is 19.9 Å². The molecule has 1 amide bonds. The molecule has 0 aliphatic heterocycles. The number of rotatable bonds is 5. The van der Waals surface area contributed by atoms with Crippen LogP contribution in [0, 0.1) is 6.92 Å². The standard InChI is InChI=1S/C14H20ClNO3S/c1-5-14(4,6-2)16-13(17)11-8-7-10(3)12(9-11)20(15,18)19/h7-9H,5-6H2,1-4H3,(H,16,17). The first-order valence-corrected chi connectivity index (χ1v) is 8.81. The molecule has 4 nitrogen and oxygen atoms in total. The minimum absolute atomic E-state index is 0.0264. The van der Waals surface area contributed by atoms with Gasteiger partial charge in [-0.3, -0.25) is 4.79 Å². The zero-order chi connectivity index (χ0) is 15.6. The van der Waals surface area contributed by atoms with Crippen molar-refractivity contribution in [2.24, 2.45) is 0 Å². The normalized spacial score (nSPS) is 12.2. The summed E-state index contributed by atoms with van der Waals surface area (Å²) in [7, 11) is 1.52.